The maximum Gasteiger partial charge on any atom is 0.347 e. The monoisotopic (exact) mass is 410 g/mol. The molecule has 7 heteroatoms. The van der Waals surface area contributed by atoms with Crippen molar-refractivity contribution < 1.29 is 9.21 Å². The van der Waals surface area contributed by atoms with Gasteiger partial charge in [-0.3, -0.25) is 9.48 Å². The van der Waals surface area contributed by atoms with Gasteiger partial charge < -0.3 is 14.6 Å². The average Bonchev–Trinajstić information content (AvgIpc) is 3.10. The molecular weight excluding hydrogens is 380 g/mol. The molecule has 3 heterocycles. The highest BCUT2D eigenvalue weighted by Crippen LogP contribution is 2.24. The summed E-state index contributed by atoms with van der Waals surface area (Å²) in [6.07, 6.45) is 3.71. The molecule has 1 saturated heterocycles. The highest BCUT2D eigenvalue weighted by molar-refractivity contribution is 6.02. The van der Waals surface area contributed by atoms with Gasteiger partial charge in [-0.05, 0) is 50.3 Å². The number of carbonyl (C=O) groups is 1. The van der Waals surface area contributed by atoms with E-state index in [-0.39, 0.29) is 12.5 Å². The summed E-state index contributed by atoms with van der Waals surface area (Å²) < 4.78 is 6.98. The molecule has 7 nitrogen and oxygen atoms in total. The lowest BCUT2D eigenvalue weighted by Gasteiger charge is -2.34. The van der Waals surface area contributed by atoms with Gasteiger partial charge in [-0.15, -0.1) is 0 Å². The Morgan fingerprint density at radius 1 is 1.23 bits per heavy atom. The number of piperidine rings is 1. The Labute approximate surface area is 176 Å². The maximum atomic E-state index is 12.5. The van der Waals surface area contributed by atoms with Crippen LogP contribution in [0.3, 0.4) is 0 Å². The van der Waals surface area contributed by atoms with Crippen LogP contribution in [0.2, 0.25) is 0 Å². The SMILES string of the molecule is Cc1ccc2oc(=O)c3cnn(CC(=O)NCCCN4C[C@@H](C)C[C@H](C)C4)c3c2c1. The van der Waals surface area contributed by atoms with Gasteiger partial charge in [0.1, 0.15) is 17.5 Å². The number of fused-ring (bicyclic) bond motifs is 3. The highest BCUT2D eigenvalue weighted by atomic mass is 16.4. The van der Waals surface area contributed by atoms with Crippen LogP contribution in [0.4, 0.5) is 0 Å². The molecule has 1 amide bonds. The normalized spacial score (nSPS) is 20.1. The first-order valence-electron chi connectivity index (χ1n) is 10.8. The van der Waals surface area contributed by atoms with E-state index < -0.39 is 5.63 Å². The molecule has 3 aromatic rings. The van der Waals surface area contributed by atoms with Crippen LogP contribution in [0.1, 0.15) is 32.3 Å². The molecule has 30 heavy (non-hydrogen) atoms. The second kappa shape index (κ2) is 8.60. The number of likely N-dealkylation sites (tertiary alicyclic amines) is 1. The van der Waals surface area contributed by atoms with Gasteiger partial charge in [-0.2, -0.15) is 5.10 Å². The fourth-order valence-corrected chi connectivity index (χ4v) is 4.71. The van der Waals surface area contributed by atoms with Gasteiger partial charge in [-0.25, -0.2) is 4.79 Å². The molecule has 1 aliphatic heterocycles. The zero-order chi connectivity index (χ0) is 21.3. The third kappa shape index (κ3) is 4.41. The van der Waals surface area contributed by atoms with E-state index >= 15 is 0 Å². The number of hydrogen-bond acceptors (Lipinski definition) is 5. The molecule has 2 aromatic heterocycles. The van der Waals surface area contributed by atoms with Crippen molar-refractivity contribution in [3.8, 4) is 0 Å². The second-order valence-corrected chi connectivity index (χ2v) is 8.86. The van der Waals surface area contributed by atoms with E-state index in [0.717, 1.165) is 48.8 Å². The van der Waals surface area contributed by atoms with E-state index in [4.69, 9.17) is 4.42 Å². The van der Waals surface area contributed by atoms with E-state index in [1.54, 1.807) is 10.7 Å². The van der Waals surface area contributed by atoms with Crippen LogP contribution in [0, 0.1) is 18.8 Å². The van der Waals surface area contributed by atoms with Crippen molar-refractivity contribution in [2.45, 2.75) is 40.2 Å². The van der Waals surface area contributed by atoms with E-state index in [1.807, 2.05) is 19.1 Å². The molecule has 0 saturated carbocycles. The van der Waals surface area contributed by atoms with Crippen molar-refractivity contribution in [2.24, 2.45) is 11.8 Å². The number of benzene rings is 1. The lowest BCUT2D eigenvalue weighted by atomic mass is 9.92. The minimum Gasteiger partial charge on any atom is -0.422 e. The molecule has 1 N–H and O–H groups in total. The van der Waals surface area contributed by atoms with Crippen molar-refractivity contribution in [3.63, 3.8) is 0 Å². The fraction of sp³-hybridized carbons (Fsp3) is 0.522. The van der Waals surface area contributed by atoms with E-state index in [0.29, 0.717) is 23.0 Å². The summed E-state index contributed by atoms with van der Waals surface area (Å²) >= 11 is 0. The molecule has 160 valence electrons. The number of carbonyl (C=O) groups excluding carboxylic acids is 1. The van der Waals surface area contributed by atoms with Crippen molar-refractivity contribution in [3.05, 3.63) is 40.4 Å². The van der Waals surface area contributed by atoms with E-state index in [9.17, 15) is 9.59 Å². The van der Waals surface area contributed by atoms with Gasteiger partial charge in [0, 0.05) is 25.0 Å². The second-order valence-electron chi connectivity index (χ2n) is 8.86. The Hall–Kier alpha value is -2.67. The number of amides is 1. The van der Waals surface area contributed by atoms with Crippen LogP contribution >= 0.6 is 0 Å². The first-order valence-corrected chi connectivity index (χ1v) is 10.8. The predicted molar refractivity (Wildman–Crippen MR) is 118 cm³/mol. The summed E-state index contributed by atoms with van der Waals surface area (Å²) in [4.78, 5) is 27.3. The summed E-state index contributed by atoms with van der Waals surface area (Å²) in [5, 5.41) is 8.47. The van der Waals surface area contributed by atoms with Crippen LogP contribution < -0.4 is 10.9 Å². The lowest BCUT2D eigenvalue weighted by molar-refractivity contribution is -0.121. The fourth-order valence-electron chi connectivity index (χ4n) is 4.71. The number of nitrogens with zero attached hydrogens (tertiary/aromatic N) is 3. The first-order chi connectivity index (χ1) is 14.4. The number of aromatic nitrogens is 2. The summed E-state index contributed by atoms with van der Waals surface area (Å²) in [5.74, 6) is 1.38. The Kier molecular flexibility index (Phi) is 5.90. The van der Waals surface area contributed by atoms with E-state index in [2.05, 4.69) is 29.2 Å². The topological polar surface area (TPSA) is 80.4 Å². The van der Waals surface area contributed by atoms with Crippen molar-refractivity contribution >= 4 is 27.8 Å². The molecule has 2 atom stereocenters. The third-order valence-electron chi connectivity index (χ3n) is 5.86. The van der Waals surface area contributed by atoms with Crippen molar-refractivity contribution in [2.75, 3.05) is 26.2 Å². The molecule has 0 spiro atoms. The van der Waals surface area contributed by atoms with Gasteiger partial charge in [-0.1, -0.05) is 25.5 Å². The molecule has 4 rings (SSSR count). The molecule has 0 unspecified atom stereocenters. The Balaban J connectivity index is 1.39. The van der Waals surface area contributed by atoms with Crippen LogP contribution in [-0.4, -0.2) is 46.8 Å². The van der Waals surface area contributed by atoms with Gasteiger partial charge >= 0.3 is 5.63 Å². The quantitative estimate of drug-likeness (QED) is 0.499. The molecule has 1 aliphatic rings. The molecular formula is C23H30N4O3. The van der Waals surface area contributed by atoms with Crippen LogP contribution in [0.25, 0.3) is 21.9 Å². The third-order valence-corrected chi connectivity index (χ3v) is 5.86. The van der Waals surface area contributed by atoms with Gasteiger partial charge in [0.25, 0.3) is 0 Å². The number of rotatable bonds is 6. The number of hydrogen-bond donors (Lipinski definition) is 1. The molecule has 1 aromatic carbocycles. The minimum absolute atomic E-state index is 0.0772. The first kappa shape index (κ1) is 20.6. The van der Waals surface area contributed by atoms with Gasteiger partial charge in [0.05, 0.1) is 11.7 Å². The van der Waals surface area contributed by atoms with Crippen LogP contribution in [0.15, 0.2) is 33.6 Å². The number of aryl methyl sites for hydroxylation is 1. The molecule has 1 fully saturated rings. The largest absolute Gasteiger partial charge is 0.422 e. The van der Waals surface area contributed by atoms with Crippen LogP contribution in [-0.2, 0) is 11.3 Å². The van der Waals surface area contributed by atoms with Crippen LogP contribution in [0.5, 0.6) is 0 Å². The summed E-state index contributed by atoms with van der Waals surface area (Å²) in [7, 11) is 0. The lowest BCUT2D eigenvalue weighted by Crippen LogP contribution is -2.40. The Morgan fingerprint density at radius 2 is 2.00 bits per heavy atom. The summed E-state index contributed by atoms with van der Waals surface area (Å²) in [6, 6.07) is 5.64. The Bertz CT molecular complexity index is 1110. The maximum absolute atomic E-state index is 12.5. The van der Waals surface area contributed by atoms with Gasteiger partial charge in [0.2, 0.25) is 5.91 Å². The summed E-state index contributed by atoms with van der Waals surface area (Å²) in [6.45, 7) is 10.6. The zero-order valence-electron chi connectivity index (χ0n) is 18.0. The van der Waals surface area contributed by atoms with Crippen molar-refractivity contribution in [1.82, 2.24) is 20.0 Å². The van der Waals surface area contributed by atoms with E-state index in [1.165, 1.54) is 12.6 Å². The molecule has 0 radical (unpaired) electrons. The zero-order valence-corrected chi connectivity index (χ0v) is 18.0. The smallest absolute Gasteiger partial charge is 0.347 e. The molecule has 0 bridgehead atoms. The molecule has 0 aliphatic carbocycles. The van der Waals surface area contributed by atoms with Crippen molar-refractivity contribution in [1.29, 1.82) is 0 Å². The summed E-state index contributed by atoms with van der Waals surface area (Å²) in [5.41, 5.74) is 1.77. The highest BCUT2D eigenvalue weighted by Gasteiger charge is 2.21. The number of nitrogens with one attached hydrogen (secondary N) is 1. The standard InChI is InChI=1S/C23H30N4O3/c1-15-5-6-20-18(10-15)22-19(23(29)30-20)11-25-27(22)14-21(28)24-7-4-8-26-12-16(2)9-17(3)13-26/h5-6,10-11,16-17H,4,7-9,12-14H2,1-3H3,(H,24,28)/t16-,17-/m0/s1. The van der Waals surface area contributed by atoms with Gasteiger partial charge in [0.15, 0.2) is 0 Å². The average molecular weight is 411 g/mol. The Morgan fingerprint density at radius 3 is 2.77 bits per heavy atom. The minimum atomic E-state index is -0.432. The predicted octanol–water partition coefficient (Wildman–Crippen LogP) is 2.94.